The van der Waals surface area contributed by atoms with Crippen LogP contribution in [-0.4, -0.2) is 69.6 Å². The minimum absolute atomic E-state index is 0.145. The first-order valence-electron chi connectivity index (χ1n) is 4.87. The number of rotatable bonds is 2. The zero-order valence-electron chi connectivity index (χ0n) is 8.84. The summed E-state index contributed by atoms with van der Waals surface area (Å²) in [5, 5.41) is 13.0. The van der Waals surface area contributed by atoms with Crippen LogP contribution in [0.15, 0.2) is 0 Å². The van der Waals surface area contributed by atoms with Crippen molar-refractivity contribution in [2.24, 2.45) is 0 Å². The number of H-pyrrole nitrogens is 1. The van der Waals surface area contributed by atoms with Crippen molar-refractivity contribution in [1.29, 1.82) is 0 Å². The molecule has 2 rings (SSSR count). The van der Waals surface area contributed by atoms with E-state index in [2.05, 4.69) is 25.5 Å². The van der Waals surface area contributed by atoms with Crippen molar-refractivity contribution in [2.75, 3.05) is 27.2 Å². The quantitative estimate of drug-likeness (QED) is 0.675. The largest absolute Gasteiger partial charge is 0.334 e. The van der Waals surface area contributed by atoms with E-state index in [9.17, 15) is 4.79 Å². The van der Waals surface area contributed by atoms with Gasteiger partial charge in [-0.1, -0.05) is 0 Å². The van der Waals surface area contributed by atoms with Crippen LogP contribution in [0.2, 0.25) is 0 Å². The number of hydrogen-bond donors (Lipinski definition) is 1. The third-order valence-electron chi connectivity index (χ3n) is 2.72. The second-order valence-electron chi connectivity index (χ2n) is 3.89. The monoisotopic (exact) mass is 210 g/mol. The fraction of sp³-hybridized carbons (Fsp3) is 0.750. The van der Waals surface area contributed by atoms with Crippen molar-refractivity contribution >= 4 is 5.91 Å². The molecule has 1 aliphatic rings. The van der Waals surface area contributed by atoms with Gasteiger partial charge in [0, 0.05) is 19.1 Å². The third kappa shape index (κ3) is 1.96. The van der Waals surface area contributed by atoms with E-state index in [-0.39, 0.29) is 11.7 Å². The van der Waals surface area contributed by atoms with Gasteiger partial charge >= 0.3 is 0 Å². The first-order valence-corrected chi connectivity index (χ1v) is 4.87. The minimum atomic E-state index is -0.145. The Labute approximate surface area is 87.4 Å². The molecule has 0 saturated carbocycles. The molecule has 15 heavy (non-hydrogen) atoms. The molecular weight excluding hydrogens is 196 g/mol. The molecule has 1 fully saturated rings. The summed E-state index contributed by atoms with van der Waals surface area (Å²) in [7, 11) is 4.04. The van der Waals surface area contributed by atoms with Crippen molar-refractivity contribution < 1.29 is 4.79 Å². The van der Waals surface area contributed by atoms with E-state index in [0.717, 1.165) is 19.5 Å². The van der Waals surface area contributed by atoms with Gasteiger partial charge in [-0.25, -0.2) is 0 Å². The number of tetrazole rings is 1. The van der Waals surface area contributed by atoms with Crippen molar-refractivity contribution in [3.63, 3.8) is 0 Å². The number of aromatic amines is 1. The van der Waals surface area contributed by atoms with Crippen LogP contribution in [0.25, 0.3) is 0 Å². The van der Waals surface area contributed by atoms with Crippen LogP contribution in [0, 0.1) is 0 Å². The molecule has 1 aromatic heterocycles. The number of likely N-dealkylation sites (tertiary alicyclic amines) is 1. The normalized spacial score (nSPS) is 21.3. The smallest absolute Gasteiger partial charge is 0.295 e. The summed E-state index contributed by atoms with van der Waals surface area (Å²) in [5.41, 5.74) is 0. The summed E-state index contributed by atoms with van der Waals surface area (Å²) in [6, 6.07) is 0.431. The first kappa shape index (κ1) is 10.0. The van der Waals surface area contributed by atoms with Gasteiger partial charge in [0.05, 0.1) is 0 Å². The molecule has 2 heterocycles. The number of nitrogens with one attached hydrogen (secondary N) is 1. The summed E-state index contributed by atoms with van der Waals surface area (Å²) in [5.74, 6) is 0.00232. The Hall–Kier alpha value is -1.50. The SMILES string of the molecule is CN(C)C1CCN(C(=O)c2nn[nH]n2)C1. The highest BCUT2D eigenvalue weighted by molar-refractivity contribution is 5.90. The molecule has 82 valence electrons. The highest BCUT2D eigenvalue weighted by atomic mass is 16.2. The van der Waals surface area contributed by atoms with Crippen LogP contribution in [0.5, 0.6) is 0 Å². The molecule has 1 aliphatic heterocycles. The molecular formula is C8H14N6O. The molecule has 1 atom stereocenters. The van der Waals surface area contributed by atoms with E-state index < -0.39 is 0 Å². The molecule has 0 spiro atoms. The van der Waals surface area contributed by atoms with E-state index in [1.165, 1.54) is 0 Å². The van der Waals surface area contributed by atoms with Gasteiger partial charge in [0.2, 0.25) is 0 Å². The molecule has 1 N–H and O–H groups in total. The maximum atomic E-state index is 11.8. The number of nitrogens with zero attached hydrogens (tertiary/aromatic N) is 5. The van der Waals surface area contributed by atoms with Gasteiger partial charge in [-0.2, -0.15) is 5.21 Å². The molecule has 0 radical (unpaired) electrons. The van der Waals surface area contributed by atoms with E-state index in [0.29, 0.717) is 6.04 Å². The number of carbonyl (C=O) groups excluding carboxylic acids is 1. The highest BCUT2D eigenvalue weighted by Crippen LogP contribution is 2.14. The van der Waals surface area contributed by atoms with E-state index in [4.69, 9.17) is 0 Å². The molecule has 0 bridgehead atoms. The maximum absolute atomic E-state index is 11.8. The van der Waals surface area contributed by atoms with Crippen LogP contribution < -0.4 is 0 Å². The Morgan fingerprint density at radius 2 is 2.40 bits per heavy atom. The second kappa shape index (κ2) is 3.93. The van der Waals surface area contributed by atoms with Gasteiger partial charge < -0.3 is 9.80 Å². The lowest BCUT2D eigenvalue weighted by atomic mass is 10.2. The number of likely N-dealkylation sites (N-methyl/N-ethyl adjacent to an activating group) is 1. The highest BCUT2D eigenvalue weighted by Gasteiger charge is 2.29. The predicted octanol–water partition coefficient (Wildman–Crippen LogP) is -1.02. The minimum Gasteiger partial charge on any atom is -0.334 e. The molecule has 1 aromatic rings. The predicted molar refractivity (Wildman–Crippen MR) is 52.2 cm³/mol. The summed E-state index contributed by atoms with van der Waals surface area (Å²) < 4.78 is 0. The van der Waals surface area contributed by atoms with Crippen LogP contribution in [0.4, 0.5) is 0 Å². The molecule has 7 heteroatoms. The molecule has 1 unspecified atom stereocenters. The Morgan fingerprint density at radius 1 is 1.60 bits per heavy atom. The van der Waals surface area contributed by atoms with Crippen molar-refractivity contribution in [2.45, 2.75) is 12.5 Å². The number of carbonyl (C=O) groups is 1. The Kier molecular flexibility index (Phi) is 2.63. The van der Waals surface area contributed by atoms with E-state index >= 15 is 0 Å². The third-order valence-corrected chi connectivity index (χ3v) is 2.72. The van der Waals surface area contributed by atoms with E-state index in [1.807, 2.05) is 14.1 Å². The zero-order chi connectivity index (χ0) is 10.8. The lowest BCUT2D eigenvalue weighted by Gasteiger charge is -2.19. The van der Waals surface area contributed by atoms with Gasteiger partial charge in [0.1, 0.15) is 0 Å². The van der Waals surface area contributed by atoms with Crippen molar-refractivity contribution in [3.8, 4) is 0 Å². The molecule has 1 saturated heterocycles. The van der Waals surface area contributed by atoms with Gasteiger partial charge in [-0.3, -0.25) is 4.79 Å². The molecule has 1 amide bonds. The van der Waals surface area contributed by atoms with Gasteiger partial charge in [-0.15, -0.1) is 10.2 Å². The molecule has 7 nitrogen and oxygen atoms in total. The standard InChI is InChI=1S/C8H14N6O/c1-13(2)6-3-4-14(5-6)8(15)7-9-11-12-10-7/h6H,3-5H2,1-2H3,(H,9,10,11,12). The van der Waals surface area contributed by atoms with Crippen LogP contribution >= 0.6 is 0 Å². The average Bonchev–Trinajstić information content (AvgIpc) is 2.88. The lowest BCUT2D eigenvalue weighted by molar-refractivity contribution is 0.0771. The van der Waals surface area contributed by atoms with Crippen LogP contribution in [0.3, 0.4) is 0 Å². The van der Waals surface area contributed by atoms with Gasteiger partial charge in [-0.05, 0) is 25.7 Å². The Morgan fingerprint density at radius 3 is 2.93 bits per heavy atom. The van der Waals surface area contributed by atoms with Crippen LogP contribution in [0.1, 0.15) is 17.0 Å². The van der Waals surface area contributed by atoms with Crippen molar-refractivity contribution in [1.82, 2.24) is 30.4 Å². The maximum Gasteiger partial charge on any atom is 0.295 e. The van der Waals surface area contributed by atoms with Gasteiger partial charge in [0.25, 0.3) is 11.7 Å². The fourth-order valence-corrected chi connectivity index (χ4v) is 1.74. The van der Waals surface area contributed by atoms with Crippen molar-refractivity contribution in [3.05, 3.63) is 5.82 Å². The summed E-state index contributed by atoms with van der Waals surface area (Å²) in [4.78, 5) is 15.7. The summed E-state index contributed by atoms with van der Waals surface area (Å²) in [6.07, 6.45) is 0.997. The van der Waals surface area contributed by atoms with Gasteiger partial charge in [0.15, 0.2) is 0 Å². The lowest BCUT2D eigenvalue weighted by Crippen LogP contribution is -2.34. The number of amides is 1. The fourth-order valence-electron chi connectivity index (χ4n) is 1.74. The van der Waals surface area contributed by atoms with Crippen LogP contribution in [-0.2, 0) is 0 Å². The number of aromatic nitrogens is 4. The second-order valence-corrected chi connectivity index (χ2v) is 3.89. The Balaban J connectivity index is 1.99. The Bertz CT molecular complexity index is 335. The topological polar surface area (TPSA) is 78.0 Å². The zero-order valence-corrected chi connectivity index (χ0v) is 8.84. The summed E-state index contributed by atoms with van der Waals surface area (Å²) in [6.45, 7) is 1.50. The summed E-state index contributed by atoms with van der Waals surface area (Å²) >= 11 is 0. The van der Waals surface area contributed by atoms with E-state index in [1.54, 1.807) is 4.90 Å². The molecule has 0 aliphatic carbocycles. The number of hydrogen-bond acceptors (Lipinski definition) is 5. The molecule has 0 aromatic carbocycles. The average molecular weight is 210 g/mol. The first-order chi connectivity index (χ1) is 7.18.